The summed E-state index contributed by atoms with van der Waals surface area (Å²) < 4.78 is 15.5. The highest BCUT2D eigenvalue weighted by molar-refractivity contribution is 4.74. The zero-order valence-corrected chi connectivity index (χ0v) is 8.22. The summed E-state index contributed by atoms with van der Waals surface area (Å²) in [4.78, 5) is 0. The second kappa shape index (κ2) is 3.52. The van der Waals surface area contributed by atoms with Gasteiger partial charge in [0.1, 0.15) is 0 Å². The van der Waals surface area contributed by atoms with Crippen LogP contribution in [0.25, 0.3) is 0 Å². The second-order valence-corrected chi connectivity index (χ2v) is 3.42. The second-order valence-electron chi connectivity index (χ2n) is 3.42. The van der Waals surface area contributed by atoms with Crippen LogP contribution >= 0.6 is 0 Å². The standard InChI is InChI=1S/C8H18O3/c1-7(2,3)8(9-4,10-5)11-6/h1-6H3. The van der Waals surface area contributed by atoms with Gasteiger partial charge in [0.2, 0.25) is 0 Å². The summed E-state index contributed by atoms with van der Waals surface area (Å²) in [5.41, 5.74) is -0.203. The summed E-state index contributed by atoms with van der Waals surface area (Å²) >= 11 is 0. The predicted octanol–water partition coefficient (Wildman–Crippen LogP) is 1.63. The lowest BCUT2D eigenvalue weighted by Gasteiger charge is -2.39. The van der Waals surface area contributed by atoms with Gasteiger partial charge < -0.3 is 14.2 Å². The van der Waals surface area contributed by atoms with Gasteiger partial charge in [-0.2, -0.15) is 0 Å². The number of rotatable bonds is 3. The maximum atomic E-state index is 5.16. The lowest BCUT2D eigenvalue weighted by molar-refractivity contribution is -0.397. The van der Waals surface area contributed by atoms with Gasteiger partial charge >= 0.3 is 0 Å². The van der Waals surface area contributed by atoms with Gasteiger partial charge in [-0.25, -0.2) is 0 Å². The van der Waals surface area contributed by atoms with Crippen molar-refractivity contribution < 1.29 is 14.2 Å². The maximum Gasteiger partial charge on any atom is 0.287 e. The molecule has 0 aliphatic carbocycles. The molecule has 0 heterocycles. The Morgan fingerprint density at radius 2 is 1.00 bits per heavy atom. The minimum absolute atomic E-state index is 0.203. The number of methoxy groups -OCH3 is 3. The molecular formula is C8H18O3. The van der Waals surface area contributed by atoms with Crippen molar-refractivity contribution in [1.82, 2.24) is 0 Å². The SMILES string of the molecule is COC(OC)(OC)C(C)(C)C. The van der Waals surface area contributed by atoms with Gasteiger partial charge in [0.15, 0.2) is 0 Å². The molecule has 0 aliphatic rings. The molecule has 0 aromatic carbocycles. The van der Waals surface area contributed by atoms with Crippen LogP contribution in [-0.4, -0.2) is 27.3 Å². The molecule has 0 aromatic heterocycles. The van der Waals surface area contributed by atoms with Gasteiger partial charge in [-0.1, -0.05) is 20.8 Å². The normalized spacial score (nSPS) is 13.6. The molecular weight excluding hydrogens is 144 g/mol. The highest BCUT2D eigenvalue weighted by Crippen LogP contribution is 2.34. The van der Waals surface area contributed by atoms with E-state index in [0.717, 1.165) is 0 Å². The average Bonchev–Trinajstić information content (AvgIpc) is 1.90. The van der Waals surface area contributed by atoms with E-state index in [4.69, 9.17) is 14.2 Å². The Hall–Kier alpha value is -0.120. The molecule has 3 nitrogen and oxygen atoms in total. The smallest absolute Gasteiger partial charge is 0.287 e. The van der Waals surface area contributed by atoms with E-state index in [-0.39, 0.29) is 5.41 Å². The Morgan fingerprint density at radius 3 is 1.00 bits per heavy atom. The van der Waals surface area contributed by atoms with Gasteiger partial charge in [0.25, 0.3) is 5.97 Å². The zero-order valence-electron chi connectivity index (χ0n) is 8.22. The summed E-state index contributed by atoms with van der Waals surface area (Å²) in [7, 11) is 4.70. The van der Waals surface area contributed by atoms with Gasteiger partial charge in [-0.05, 0) is 0 Å². The van der Waals surface area contributed by atoms with Crippen molar-refractivity contribution in [3.8, 4) is 0 Å². The third-order valence-electron chi connectivity index (χ3n) is 1.72. The first-order valence-electron chi connectivity index (χ1n) is 3.59. The Balaban J connectivity index is 4.54. The summed E-state index contributed by atoms with van der Waals surface area (Å²) in [5.74, 6) is -0.938. The first-order valence-corrected chi connectivity index (χ1v) is 3.59. The van der Waals surface area contributed by atoms with E-state index in [1.54, 1.807) is 21.3 Å². The summed E-state index contributed by atoms with van der Waals surface area (Å²) in [6.07, 6.45) is 0. The Labute approximate surface area is 68.6 Å². The monoisotopic (exact) mass is 162 g/mol. The van der Waals surface area contributed by atoms with Crippen LogP contribution in [0.1, 0.15) is 20.8 Å². The van der Waals surface area contributed by atoms with E-state index in [2.05, 4.69) is 0 Å². The van der Waals surface area contributed by atoms with E-state index in [0.29, 0.717) is 0 Å². The molecule has 0 N–H and O–H groups in total. The molecule has 0 amide bonds. The van der Waals surface area contributed by atoms with Gasteiger partial charge in [-0.3, -0.25) is 0 Å². The molecule has 68 valence electrons. The molecule has 0 atom stereocenters. The molecule has 0 bridgehead atoms. The molecule has 0 radical (unpaired) electrons. The van der Waals surface area contributed by atoms with E-state index in [1.165, 1.54) is 0 Å². The molecule has 0 aliphatic heterocycles. The van der Waals surface area contributed by atoms with Crippen LogP contribution in [0.5, 0.6) is 0 Å². The molecule has 0 fully saturated rings. The van der Waals surface area contributed by atoms with Crippen LogP contribution in [0, 0.1) is 5.41 Å². The predicted molar refractivity (Wildman–Crippen MR) is 43.2 cm³/mol. The molecule has 0 aromatic rings. The van der Waals surface area contributed by atoms with E-state index < -0.39 is 5.97 Å². The maximum absolute atomic E-state index is 5.16. The quantitative estimate of drug-likeness (QED) is 0.590. The topological polar surface area (TPSA) is 27.7 Å². The van der Waals surface area contributed by atoms with Crippen LogP contribution in [0.2, 0.25) is 0 Å². The first kappa shape index (κ1) is 10.9. The molecule has 0 saturated carbocycles. The van der Waals surface area contributed by atoms with Crippen molar-refractivity contribution in [2.75, 3.05) is 21.3 Å². The van der Waals surface area contributed by atoms with Crippen LogP contribution < -0.4 is 0 Å². The Morgan fingerprint density at radius 1 is 0.727 bits per heavy atom. The van der Waals surface area contributed by atoms with E-state index >= 15 is 0 Å². The van der Waals surface area contributed by atoms with Crippen LogP contribution in [0.15, 0.2) is 0 Å². The summed E-state index contributed by atoms with van der Waals surface area (Å²) in [5, 5.41) is 0. The highest BCUT2D eigenvalue weighted by atomic mass is 16.9. The Bertz CT molecular complexity index is 103. The summed E-state index contributed by atoms with van der Waals surface area (Å²) in [6.45, 7) is 5.97. The number of hydrogen-bond donors (Lipinski definition) is 0. The lowest BCUT2D eigenvalue weighted by atomic mass is 9.93. The van der Waals surface area contributed by atoms with Crippen molar-refractivity contribution in [3.63, 3.8) is 0 Å². The highest BCUT2D eigenvalue weighted by Gasteiger charge is 2.43. The van der Waals surface area contributed by atoms with Gasteiger partial charge in [0, 0.05) is 26.7 Å². The largest absolute Gasteiger partial charge is 0.330 e. The van der Waals surface area contributed by atoms with Crippen LogP contribution in [-0.2, 0) is 14.2 Å². The van der Waals surface area contributed by atoms with Crippen molar-refractivity contribution in [1.29, 1.82) is 0 Å². The van der Waals surface area contributed by atoms with E-state index in [9.17, 15) is 0 Å². The van der Waals surface area contributed by atoms with Crippen molar-refractivity contribution in [3.05, 3.63) is 0 Å². The van der Waals surface area contributed by atoms with Crippen LogP contribution in [0.3, 0.4) is 0 Å². The minimum Gasteiger partial charge on any atom is -0.330 e. The molecule has 11 heavy (non-hydrogen) atoms. The van der Waals surface area contributed by atoms with Crippen molar-refractivity contribution in [2.24, 2.45) is 5.41 Å². The van der Waals surface area contributed by atoms with Gasteiger partial charge in [0.05, 0.1) is 0 Å². The molecule has 0 spiro atoms. The fourth-order valence-electron chi connectivity index (χ4n) is 1.17. The van der Waals surface area contributed by atoms with Crippen molar-refractivity contribution >= 4 is 0 Å². The van der Waals surface area contributed by atoms with Crippen LogP contribution in [0.4, 0.5) is 0 Å². The molecule has 0 saturated heterocycles. The number of hydrogen-bond acceptors (Lipinski definition) is 3. The zero-order chi connectivity index (χ0) is 9.12. The minimum atomic E-state index is -0.938. The first-order chi connectivity index (χ1) is 4.93. The average molecular weight is 162 g/mol. The summed E-state index contributed by atoms with van der Waals surface area (Å²) in [6, 6.07) is 0. The van der Waals surface area contributed by atoms with Gasteiger partial charge in [-0.15, -0.1) is 0 Å². The Kier molecular flexibility index (Phi) is 3.48. The lowest BCUT2D eigenvalue weighted by Crippen LogP contribution is -2.48. The fourth-order valence-corrected chi connectivity index (χ4v) is 1.17. The molecule has 3 heteroatoms. The molecule has 0 unspecified atom stereocenters. The third-order valence-corrected chi connectivity index (χ3v) is 1.72. The van der Waals surface area contributed by atoms with E-state index in [1.807, 2.05) is 20.8 Å². The number of ether oxygens (including phenoxy) is 3. The third kappa shape index (κ3) is 1.92. The molecule has 0 rings (SSSR count). The van der Waals surface area contributed by atoms with Crippen molar-refractivity contribution in [2.45, 2.75) is 26.7 Å². The fraction of sp³-hybridized carbons (Fsp3) is 1.00.